The summed E-state index contributed by atoms with van der Waals surface area (Å²) in [4.78, 5) is 27.8. The minimum absolute atomic E-state index is 0.0387. The van der Waals surface area contributed by atoms with Crippen molar-refractivity contribution in [3.05, 3.63) is 46.8 Å². The fourth-order valence-electron chi connectivity index (χ4n) is 2.88. The third-order valence-corrected chi connectivity index (χ3v) is 5.74. The van der Waals surface area contributed by atoms with E-state index in [0.29, 0.717) is 22.5 Å². The van der Waals surface area contributed by atoms with Gasteiger partial charge in [-0.05, 0) is 65.3 Å². The fourth-order valence-corrected chi connectivity index (χ4v) is 4.35. The number of carbonyl (C=O) groups is 2. The van der Waals surface area contributed by atoms with Gasteiger partial charge in [-0.15, -0.1) is 0 Å². The number of ether oxygens (including phenoxy) is 1. The van der Waals surface area contributed by atoms with E-state index >= 15 is 0 Å². The molecule has 2 rings (SSSR count). The summed E-state index contributed by atoms with van der Waals surface area (Å²) in [6.45, 7) is 10.5. The van der Waals surface area contributed by atoms with Crippen LogP contribution >= 0.6 is 0 Å². The van der Waals surface area contributed by atoms with Crippen molar-refractivity contribution in [2.24, 2.45) is 0 Å². The van der Waals surface area contributed by atoms with Crippen molar-refractivity contribution in [3.8, 4) is 0 Å². The van der Waals surface area contributed by atoms with Crippen LogP contribution < -0.4 is 10.0 Å². The smallest absolute Gasteiger partial charge is 0.340 e. The Bertz CT molecular complexity index is 1030. The van der Waals surface area contributed by atoms with Crippen LogP contribution in [-0.4, -0.2) is 37.4 Å². The third-order valence-electron chi connectivity index (χ3n) is 3.99. The number of aryl methyl sites for hydroxylation is 1. The Labute approximate surface area is 171 Å². The number of aromatic nitrogens is 1. The lowest BCUT2D eigenvalue weighted by atomic mass is 10.1. The molecule has 0 bridgehead atoms. The highest BCUT2D eigenvalue weighted by molar-refractivity contribution is 7.89. The highest BCUT2D eigenvalue weighted by Gasteiger charge is 2.24. The van der Waals surface area contributed by atoms with Crippen molar-refractivity contribution in [2.75, 3.05) is 11.9 Å². The number of amides is 1. The number of benzene rings is 1. The molecule has 0 saturated heterocycles. The van der Waals surface area contributed by atoms with E-state index in [2.05, 4.69) is 15.0 Å². The summed E-state index contributed by atoms with van der Waals surface area (Å²) in [6, 6.07) is 5.96. The number of nitrogens with one attached hydrogen (secondary N) is 3. The molecule has 1 amide bonds. The number of hydrogen-bond acceptors (Lipinski definition) is 5. The van der Waals surface area contributed by atoms with Crippen LogP contribution in [0.15, 0.2) is 29.2 Å². The van der Waals surface area contributed by atoms with Gasteiger partial charge in [-0.3, -0.25) is 4.79 Å². The molecule has 0 radical (unpaired) electrons. The van der Waals surface area contributed by atoms with E-state index in [-0.39, 0.29) is 17.2 Å². The maximum Gasteiger partial charge on any atom is 0.340 e. The first-order valence-corrected chi connectivity index (χ1v) is 10.7. The van der Waals surface area contributed by atoms with Crippen LogP contribution in [0.1, 0.15) is 59.8 Å². The molecule has 3 N–H and O–H groups in total. The molecule has 158 valence electrons. The number of carbonyl (C=O) groups excluding carboxylic acids is 2. The minimum atomic E-state index is -3.74. The lowest BCUT2D eigenvalue weighted by molar-refractivity contribution is 0.0525. The van der Waals surface area contributed by atoms with E-state index in [1.807, 2.05) is 0 Å². The Hall–Kier alpha value is -2.65. The number of esters is 1. The van der Waals surface area contributed by atoms with Gasteiger partial charge in [-0.25, -0.2) is 17.9 Å². The third kappa shape index (κ3) is 5.45. The van der Waals surface area contributed by atoms with Crippen molar-refractivity contribution in [1.29, 1.82) is 0 Å². The summed E-state index contributed by atoms with van der Waals surface area (Å²) < 4.78 is 32.6. The number of aromatic amines is 1. The molecule has 0 aliphatic heterocycles. The van der Waals surface area contributed by atoms with Crippen LogP contribution in [0.5, 0.6) is 0 Å². The van der Waals surface area contributed by atoms with Gasteiger partial charge in [0.05, 0.1) is 17.1 Å². The van der Waals surface area contributed by atoms with Crippen molar-refractivity contribution in [1.82, 2.24) is 9.71 Å². The van der Waals surface area contributed by atoms with Crippen molar-refractivity contribution in [3.63, 3.8) is 0 Å². The Kier molecular flexibility index (Phi) is 6.54. The number of H-pyrrole nitrogens is 1. The molecule has 1 aromatic carbocycles. The average molecular weight is 422 g/mol. The number of anilines is 1. The molecular weight excluding hydrogens is 394 g/mol. The zero-order valence-electron chi connectivity index (χ0n) is 17.5. The number of hydrogen-bond donors (Lipinski definition) is 3. The summed E-state index contributed by atoms with van der Waals surface area (Å²) in [7, 11) is -3.74. The van der Waals surface area contributed by atoms with E-state index in [9.17, 15) is 18.0 Å². The van der Waals surface area contributed by atoms with Gasteiger partial charge in [0.25, 0.3) is 5.91 Å². The van der Waals surface area contributed by atoms with E-state index in [1.54, 1.807) is 53.7 Å². The normalized spacial score (nSPS) is 11.9. The molecule has 0 aliphatic rings. The molecule has 9 heteroatoms. The molecule has 0 unspecified atom stereocenters. The van der Waals surface area contributed by atoms with Crippen LogP contribution in [0.25, 0.3) is 0 Å². The molecule has 0 saturated carbocycles. The lowest BCUT2D eigenvalue weighted by Crippen LogP contribution is -2.40. The number of sulfonamides is 1. The van der Waals surface area contributed by atoms with Crippen molar-refractivity contribution >= 4 is 27.6 Å². The van der Waals surface area contributed by atoms with Gasteiger partial charge in [-0.2, -0.15) is 0 Å². The van der Waals surface area contributed by atoms with E-state index in [1.165, 1.54) is 12.1 Å². The summed E-state index contributed by atoms with van der Waals surface area (Å²) in [6.07, 6.45) is 0. The maximum atomic E-state index is 12.7. The second-order valence-electron chi connectivity index (χ2n) is 7.68. The predicted molar refractivity (Wildman–Crippen MR) is 111 cm³/mol. The second-order valence-corrected chi connectivity index (χ2v) is 9.37. The Balaban J connectivity index is 2.29. The average Bonchev–Trinajstić information content (AvgIpc) is 2.88. The summed E-state index contributed by atoms with van der Waals surface area (Å²) in [5.41, 5.74) is 1.21. The molecule has 1 aromatic heterocycles. The quantitative estimate of drug-likeness (QED) is 0.620. The monoisotopic (exact) mass is 421 g/mol. The first-order valence-electron chi connectivity index (χ1n) is 9.17. The molecule has 0 fully saturated rings. The Morgan fingerprint density at radius 2 is 1.83 bits per heavy atom. The van der Waals surface area contributed by atoms with Gasteiger partial charge >= 0.3 is 5.97 Å². The first-order chi connectivity index (χ1) is 13.4. The highest BCUT2D eigenvalue weighted by atomic mass is 32.2. The zero-order chi connectivity index (χ0) is 22.0. The van der Waals surface area contributed by atoms with Gasteiger partial charge in [-0.1, -0.05) is 6.07 Å². The first kappa shape index (κ1) is 22.6. The van der Waals surface area contributed by atoms with Crippen LogP contribution in [0.4, 0.5) is 5.69 Å². The van der Waals surface area contributed by atoms with Gasteiger partial charge in [0, 0.05) is 16.9 Å². The summed E-state index contributed by atoms with van der Waals surface area (Å²) in [5.74, 6) is -0.987. The summed E-state index contributed by atoms with van der Waals surface area (Å²) >= 11 is 0. The Morgan fingerprint density at radius 3 is 2.41 bits per heavy atom. The van der Waals surface area contributed by atoms with Crippen LogP contribution in [0.3, 0.4) is 0 Å². The molecule has 0 aliphatic carbocycles. The topological polar surface area (TPSA) is 117 Å². The molecule has 29 heavy (non-hydrogen) atoms. The molecule has 0 atom stereocenters. The zero-order valence-corrected chi connectivity index (χ0v) is 18.3. The van der Waals surface area contributed by atoms with Crippen molar-refractivity contribution < 1.29 is 22.7 Å². The van der Waals surface area contributed by atoms with Gasteiger partial charge in [0.15, 0.2) is 0 Å². The van der Waals surface area contributed by atoms with Gasteiger partial charge < -0.3 is 15.0 Å². The van der Waals surface area contributed by atoms with E-state index in [4.69, 9.17) is 4.74 Å². The molecule has 2 aromatic rings. The van der Waals surface area contributed by atoms with Crippen LogP contribution in [0, 0.1) is 13.8 Å². The molecular formula is C20H27N3O5S. The van der Waals surface area contributed by atoms with E-state index < -0.39 is 27.4 Å². The largest absolute Gasteiger partial charge is 0.462 e. The summed E-state index contributed by atoms with van der Waals surface area (Å²) in [5, 5.41) is 2.67. The standard InChI is InChI=1S/C20H27N3O5S/c1-7-28-19(25)16-12(2)17(21-13(16)3)18(24)22-14-9-8-10-15(11-14)29(26,27)23-20(4,5)6/h8-11,21,23H,7H2,1-6H3,(H,22,24). The maximum absolute atomic E-state index is 12.7. The highest BCUT2D eigenvalue weighted by Crippen LogP contribution is 2.22. The van der Waals surface area contributed by atoms with Crippen LogP contribution in [0.2, 0.25) is 0 Å². The van der Waals surface area contributed by atoms with Gasteiger partial charge in [0.1, 0.15) is 5.69 Å². The molecule has 8 nitrogen and oxygen atoms in total. The van der Waals surface area contributed by atoms with Crippen molar-refractivity contribution in [2.45, 2.75) is 52.0 Å². The predicted octanol–water partition coefficient (Wildman–Crippen LogP) is 3.14. The molecule has 1 heterocycles. The number of rotatable bonds is 6. The minimum Gasteiger partial charge on any atom is -0.462 e. The fraction of sp³-hybridized carbons (Fsp3) is 0.400. The molecule has 0 spiro atoms. The Morgan fingerprint density at radius 1 is 1.17 bits per heavy atom. The lowest BCUT2D eigenvalue weighted by Gasteiger charge is -2.20. The SMILES string of the molecule is CCOC(=O)c1c(C)[nH]c(C(=O)Nc2cccc(S(=O)(=O)NC(C)(C)C)c2)c1C. The second kappa shape index (κ2) is 8.38. The van der Waals surface area contributed by atoms with E-state index in [0.717, 1.165) is 0 Å². The van der Waals surface area contributed by atoms with Crippen LogP contribution in [-0.2, 0) is 14.8 Å². The van der Waals surface area contributed by atoms with Gasteiger partial charge in [0.2, 0.25) is 10.0 Å².